The van der Waals surface area contributed by atoms with E-state index < -0.39 is 6.10 Å². The van der Waals surface area contributed by atoms with E-state index >= 15 is 0 Å². The molecule has 0 aliphatic carbocycles. The van der Waals surface area contributed by atoms with Gasteiger partial charge in [-0.1, -0.05) is 12.1 Å². The van der Waals surface area contributed by atoms with Gasteiger partial charge in [-0.25, -0.2) is 4.39 Å². The first-order valence-corrected chi connectivity index (χ1v) is 6.11. The Balaban J connectivity index is 2.38. The number of hydrogen-bond donors (Lipinski definition) is 1. The van der Waals surface area contributed by atoms with Gasteiger partial charge in [-0.05, 0) is 60.4 Å². The van der Waals surface area contributed by atoms with Crippen molar-refractivity contribution in [1.82, 2.24) is 0 Å². The van der Waals surface area contributed by atoms with E-state index in [9.17, 15) is 9.50 Å². The van der Waals surface area contributed by atoms with Gasteiger partial charge in [0.15, 0.2) is 0 Å². The standard InChI is InChI=1S/C16H17FO2/c1-10-6-13(9-14(17)7-10)16(18)12-4-5-15(19-3)11(2)8-12/h4-9,16,18H,1-3H3. The SMILES string of the molecule is COc1ccc(C(O)c2cc(C)cc(F)c2)cc1C. The van der Waals surface area contributed by atoms with E-state index in [-0.39, 0.29) is 5.82 Å². The summed E-state index contributed by atoms with van der Waals surface area (Å²) in [6, 6.07) is 10.0. The van der Waals surface area contributed by atoms with Crippen molar-refractivity contribution in [3.63, 3.8) is 0 Å². The molecule has 0 bridgehead atoms. The van der Waals surface area contributed by atoms with Crippen LogP contribution >= 0.6 is 0 Å². The van der Waals surface area contributed by atoms with Crippen molar-refractivity contribution < 1.29 is 14.2 Å². The van der Waals surface area contributed by atoms with Crippen molar-refractivity contribution in [2.75, 3.05) is 7.11 Å². The van der Waals surface area contributed by atoms with Crippen LogP contribution in [-0.2, 0) is 0 Å². The van der Waals surface area contributed by atoms with Crippen molar-refractivity contribution in [2.24, 2.45) is 0 Å². The molecule has 0 radical (unpaired) electrons. The summed E-state index contributed by atoms with van der Waals surface area (Å²) >= 11 is 0. The summed E-state index contributed by atoms with van der Waals surface area (Å²) < 4.78 is 18.6. The van der Waals surface area contributed by atoms with Crippen LogP contribution in [0.3, 0.4) is 0 Å². The first-order chi connectivity index (χ1) is 9.01. The molecule has 0 saturated heterocycles. The second kappa shape index (κ2) is 5.41. The third-order valence-corrected chi connectivity index (χ3v) is 3.11. The van der Waals surface area contributed by atoms with Crippen molar-refractivity contribution in [3.8, 4) is 5.75 Å². The number of methoxy groups -OCH3 is 1. The lowest BCUT2D eigenvalue weighted by Crippen LogP contribution is -2.02. The van der Waals surface area contributed by atoms with E-state index in [1.54, 1.807) is 32.2 Å². The fraction of sp³-hybridized carbons (Fsp3) is 0.250. The minimum Gasteiger partial charge on any atom is -0.496 e. The molecule has 1 atom stereocenters. The predicted octanol–water partition coefficient (Wildman–Crippen LogP) is 3.53. The highest BCUT2D eigenvalue weighted by molar-refractivity contribution is 5.40. The van der Waals surface area contributed by atoms with Crippen molar-refractivity contribution >= 4 is 0 Å². The Morgan fingerprint density at radius 2 is 1.79 bits per heavy atom. The second-order valence-electron chi connectivity index (χ2n) is 4.69. The summed E-state index contributed by atoms with van der Waals surface area (Å²) in [4.78, 5) is 0. The zero-order chi connectivity index (χ0) is 14.0. The molecule has 0 aliphatic rings. The average molecular weight is 260 g/mol. The maximum absolute atomic E-state index is 13.4. The molecule has 2 nitrogen and oxygen atoms in total. The summed E-state index contributed by atoms with van der Waals surface area (Å²) in [5.74, 6) is 0.436. The molecule has 0 aliphatic heterocycles. The number of ether oxygens (including phenoxy) is 1. The van der Waals surface area contributed by atoms with Gasteiger partial charge in [0.2, 0.25) is 0 Å². The van der Waals surface area contributed by atoms with Crippen molar-refractivity contribution in [3.05, 3.63) is 64.5 Å². The van der Waals surface area contributed by atoms with Crippen LogP contribution in [-0.4, -0.2) is 12.2 Å². The minimum absolute atomic E-state index is 0.334. The Kier molecular flexibility index (Phi) is 3.86. The van der Waals surface area contributed by atoms with Gasteiger partial charge >= 0.3 is 0 Å². The van der Waals surface area contributed by atoms with Gasteiger partial charge in [-0.3, -0.25) is 0 Å². The van der Waals surface area contributed by atoms with Gasteiger partial charge in [0.05, 0.1) is 7.11 Å². The molecule has 0 heterocycles. The second-order valence-corrected chi connectivity index (χ2v) is 4.69. The van der Waals surface area contributed by atoms with Gasteiger partial charge in [0, 0.05) is 0 Å². The lowest BCUT2D eigenvalue weighted by atomic mass is 9.98. The van der Waals surface area contributed by atoms with Gasteiger partial charge in [-0.15, -0.1) is 0 Å². The summed E-state index contributed by atoms with van der Waals surface area (Å²) in [5, 5.41) is 10.3. The fourth-order valence-electron chi connectivity index (χ4n) is 2.19. The normalized spacial score (nSPS) is 12.3. The topological polar surface area (TPSA) is 29.5 Å². The third-order valence-electron chi connectivity index (χ3n) is 3.11. The van der Waals surface area contributed by atoms with Gasteiger partial charge < -0.3 is 9.84 Å². The molecule has 2 aromatic carbocycles. The molecule has 2 rings (SSSR count). The molecule has 19 heavy (non-hydrogen) atoms. The van der Waals surface area contributed by atoms with Gasteiger partial charge in [0.1, 0.15) is 17.7 Å². The maximum atomic E-state index is 13.4. The summed E-state index contributed by atoms with van der Waals surface area (Å²) in [6.45, 7) is 3.71. The smallest absolute Gasteiger partial charge is 0.123 e. The summed E-state index contributed by atoms with van der Waals surface area (Å²) in [7, 11) is 1.61. The highest BCUT2D eigenvalue weighted by Gasteiger charge is 2.13. The monoisotopic (exact) mass is 260 g/mol. The number of halogens is 1. The van der Waals surface area contributed by atoms with E-state index in [1.807, 2.05) is 13.0 Å². The Morgan fingerprint density at radius 3 is 2.37 bits per heavy atom. The van der Waals surface area contributed by atoms with E-state index in [0.717, 1.165) is 22.4 Å². The number of benzene rings is 2. The molecule has 100 valence electrons. The lowest BCUT2D eigenvalue weighted by Gasteiger charge is -2.14. The minimum atomic E-state index is -0.834. The fourth-order valence-corrected chi connectivity index (χ4v) is 2.19. The van der Waals surface area contributed by atoms with Crippen LogP contribution in [0.4, 0.5) is 4.39 Å². The number of hydrogen-bond acceptors (Lipinski definition) is 2. The zero-order valence-corrected chi connectivity index (χ0v) is 11.3. The number of rotatable bonds is 3. The highest BCUT2D eigenvalue weighted by atomic mass is 19.1. The number of aliphatic hydroxyl groups is 1. The zero-order valence-electron chi connectivity index (χ0n) is 11.3. The summed E-state index contributed by atoms with van der Waals surface area (Å²) in [5.41, 5.74) is 3.01. The molecular formula is C16H17FO2. The molecule has 1 N–H and O–H groups in total. The predicted molar refractivity (Wildman–Crippen MR) is 72.9 cm³/mol. The van der Waals surface area contributed by atoms with Crippen LogP contribution < -0.4 is 4.74 Å². The lowest BCUT2D eigenvalue weighted by molar-refractivity contribution is 0.219. The Morgan fingerprint density at radius 1 is 1.05 bits per heavy atom. The number of aryl methyl sites for hydroxylation is 2. The highest BCUT2D eigenvalue weighted by Crippen LogP contribution is 2.27. The largest absolute Gasteiger partial charge is 0.496 e. The maximum Gasteiger partial charge on any atom is 0.123 e. The van der Waals surface area contributed by atoms with Crippen LogP contribution in [0.15, 0.2) is 36.4 Å². The van der Waals surface area contributed by atoms with Gasteiger partial charge in [0.25, 0.3) is 0 Å². The Hall–Kier alpha value is -1.87. The molecule has 0 fully saturated rings. The average Bonchev–Trinajstić information content (AvgIpc) is 2.36. The Bertz CT molecular complexity index is 573. The third kappa shape index (κ3) is 2.93. The molecular weight excluding hydrogens is 243 g/mol. The van der Waals surface area contributed by atoms with Crippen LogP contribution in [0.5, 0.6) is 5.75 Å². The molecule has 0 saturated carbocycles. The van der Waals surface area contributed by atoms with Crippen LogP contribution in [0.1, 0.15) is 28.4 Å². The molecule has 3 heteroatoms. The molecule has 0 spiro atoms. The van der Waals surface area contributed by atoms with E-state index in [0.29, 0.717) is 5.56 Å². The van der Waals surface area contributed by atoms with Crippen molar-refractivity contribution in [2.45, 2.75) is 20.0 Å². The van der Waals surface area contributed by atoms with Crippen molar-refractivity contribution in [1.29, 1.82) is 0 Å². The van der Waals surface area contributed by atoms with Crippen LogP contribution in [0, 0.1) is 19.7 Å². The van der Waals surface area contributed by atoms with E-state index in [2.05, 4.69) is 0 Å². The first kappa shape index (κ1) is 13.6. The van der Waals surface area contributed by atoms with E-state index in [1.165, 1.54) is 12.1 Å². The van der Waals surface area contributed by atoms with Crippen LogP contribution in [0.2, 0.25) is 0 Å². The number of aliphatic hydroxyl groups excluding tert-OH is 1. The van der Waals surface area contributed by atoms with Gasteiger partial charge in [-0.2, -0.15) is 0 Å². The first-order valence-electron chi connectivity index (χ1n) is 6.11. The van der Waals surface area contributed by atoms with E-state index in [4.69, 9.17) is 4.74 Å². The molecule has 0 amide bonds. The molecule has 2 aromatic rings. The van der Waals surface area contributed by atoms with Crippen LogP contribution in [0.25, 0.3) is 0 Å². The Labute approximate surface area is 112 Å². The quantitative estimate of drug-likeness (QED) is 0.914. The molecule has 0 aromatic heterocycles. The molecule has 1 unspecified atom stereocenters. The summed E-state index contributed by atoms with van der Waals surface area (Å²) in [6.07, 6.45) is -0.834.